The monoisotopic (exact) mass is 213 g/mol. The molecular weight excluding hydrogens is 205 g/mol. The second-order valence-corrected chi connectivity index (χ2v) is 2.28. The average molecular weight is 213 g/mol. The van der Waals surface area contributed by atoms with Gasteiger partial charge < -0.3 is 7.16 Å². The quantitative estimate of drug-likeness (QED) is 0.200. The molecule has 0 aromatic carbocycles. The minimum absolute atomic E-state index is 0. The van der Waals surface area contributed by atoms with E-state index in [0.29, 0.717) is 0 Å². The molecule has 0 unspecified atom stereocenters. The Kier molecular flexibility index (Phi) is 14.1. The third-order valence-electron chi connectivity index (χ3n) is 0.156. The molecule has 0 saturated heterocycles. The molecule has 6 nitrogen and oxygen atoms in total. The Morgan fingerprint density at radius 2 is 1.64 bits per heavy atom. The van der Waals surface area contributed by atoms with Gasteiger partial charge in [0.15, 0.2) is 0 Å². The number of hydrogen-bond donors (Lipinski definition) is 4. The van der Waals surface area contributed by atoms with Gasteiger partial charge in [0.2, 0.25) is 5.91 Å². The zero-order valence-corrected chi connectivity index (χ0v) is 9.47. The van der Waals surface area contributed by atoms with E-state index in [2.05, 4.69) is 18.4 Å². The van der Waals surface area contributed by atoms with Crippen LogP contribution in [0.25, 0.3) is 0 Å². The molecule has 9 heteroatoms. The van der Waals surface area contributed by atoms with Gasteiger partial charge in [0, 0.05) is 0 Å². The van der Waals surface area contributed by atoms with Crippen molar-refractivity contribution >= 4 is 28.9 Å². The van der Waals surface area contributed by atoms with Gasteiger partial charge >= 0.3 is 40.0 Å². The molecule has 0 aliphatic rings. The Labute approximate surface area is 93.3 Å². The molecular formula is C2H8NNaO5S2. The van der Waals surface area contributed by atoms with Crippen LogP contribution in [0.2, 0.25) is 0 Å². The van der Waals surface area contributed by atoms with Crippen molar-refractivity contribution < 1.29 is 53.3 Å². The first-order valence-electron chi connectivity index (χ1n) is 1.86. The van der Waals surface area contributed by atoms with Crippen LogP contribution in [-0.4, -0.2) is 29.2 Å². The molecule has 0 aliphatic heterocycles. The summed E-state index contributed by atoms with van der Waals surface area (Å²) in [5.74, 6) is -0.242. The van der Waals surface area contributed by atoms with E-state index in [1.165, 1.54) is 0 Å². The molecule has 0 aromatic rings. The van der Waals surface area contributed by atoms with Crippen molar-refractivity contribution in [3.05, 3.63) is 0 Å². The second kappa shape index (κ2) is 8.78. The molecule has 1 amide bonds. The largest absolute Gasteiger partial charge is 1.00 e. The fourth-order valence-electron chi connectivity index (χ4n) is 0. The van der Waals surface area contributed by atoms with Crippen LogP contribution in [0.4, 0.5) is 0 Å². The van der Waals surface area contributed by atoms with E-state index in [1.54, 1.807) is 0 Å². The minimum Gasteiger partial charge on any atom is -1.00 e. The molecule has 0 aromatic heterocycles. The topological polar surface area (TPSA) is 118 Å². The molecule has 0 rings (SSSR count). The van der Waals surface area contributed by atoms with Crippen molar-refractivity contribution in [2.75, 3.05) is 5.75 Å². The summed E-state index contributed by atoms with van der Waals surface area (Å²) in [7, 11) is -4.67. The van der Waals surface area contributed by atoms with Crippen LogP contribution < -0.4 is 35.3 Å². The van der Waals surface area contributed by atoms with Crippen molar-refractivity contribution in [2.45, 2.75) is 0 Å². The first-order valence-corrected chi connectivity index (χ1v) is 3.89. The summed E-state index contributed by atoms with van der Waals surface area (Å²) in [6, 6.07) is 0. The maximum atomic E-state index is 9.51. The second-order valence-electron chi connectivity index (χ2n) is 1.07. The molecule has 0 atom stereocenters. The first-order chi connectivity index (χ1) is 4.27. The van der Waals surface area contributed by atoms with Crippen molar-refractivity contribution in [1.29, 1.82) is 0 Å². The van der Waals surface area contributed by atoms with Gasteiger partial charge in [-0.05, 0) is 0 Å². The summed E-state index contributed by atoms with van der Waals surface area (Å²) in [6.07, 6.45) is 0. The average Bonchev–Trinajstić information content (AvgIpc) is 1.61. The fourth-order valence-corrected chi connectivity index (χ4v) is 0. The first kappa shape index (κ1) is 17.7. The van der Waals surface area contributed by atoms with E-state index in [9.17, 15) is 4.79 Å². The number of rotatable bonds is 1. The van der Waals surface area contributed by atoms with Crippen LogP contribution in [-0.2, 0) is 15.2 Å². The predicted octanol–water partition coefficient (Wildman–Crippen LogP) is -4.13. The molecule has 0 bridgehead atoms. The van der Waals surface area contributed by atoms with E-state index in [4.69, 9.17) is 17.5 Å². The summed E-state index contributed by atoms with van der Waals surface area (Å²) in [6.45, 7) is 0. The third-order valence-corrected chi connectivity index (χ3v) is 0.468. The van der Waals surface area contributed by atoms with Gasteiger partial charge in [-0.3, -0.25) is 13.9 Å². The van der Waals surface area contributed by atoms with Crippen LogP contribution in [0.5, 0.6) is 0 Å². The molecule has 11 heavy (non-hydrogen) atoms. The molecule has 4 N–H and O–H groups in total. The van der Waals surface area contributed by atoms with Crippen LogP contribution >= 0.6 is 12.6 Å². The fraction of sp³-hybridized carbons (Fsp3) is 0.500. The Morgan fingerprint density at radius 3 is 1.64 bits per heavy atom. The van der Waals surface area contributed by atoms with Gasteiger partial charge in [-0.25, -0.2) is 0 Å². The van der Waals surface area contributed by atoms with Gasteiger partial charge in [-0.1, -0.05) is 0 Å². The van der Waals surface area contributed by atoms with E-state index >= 15 is 0 Å². The van der Waals surface area contributed by atoms with Gasteiger partial charge in [-0.2, -0.15) is 21.0 Å². The van der Waals surface area contributed by atoms with Crippen LogP contribution in [0.15, 0.2) is 0 Å². The van der Waals surface area contributed by atoms with E-state index in [-0.39, 0.29) is 42.6 Å². The van der Waals surface area contributed by atoms with Gasteiger partial charge in [0.05, 0.1) is 5.75 Å². The predicted molar refractivity (Wildman–Crippen MR) is 38.3 cm³/mol. The SMILES string of the molecule is NC(=O)CS.O=S(=O)(O)O.[H-].[Na+]. The van der Waals surface area contributed by atoms with Crippen LogP contribution in [0, 0.1) is 0 Å². The molecule has 0 heterocycles. The Balaban J connectivity index is -0.0000000457. The molecule has 0 fully saturated rings. The number of thiol groups is 1. The minimum atomic E-state index is -4.67. The molecule has 0 radical (unpaired) electrons. The smallest absolute Gasteiger partial charge is 1.00 e. The normalized spacial score (nSPS) is 8.64. The van der Waals surface area contributed by atoms with Crippen molar-refractivity contribution in [3.63, 3.8) is 0 Å². The maximum absolute atomic E-state index is 9.51. The van der Waals surface area contributed by atoms with Gasteiger partial charge in [0.1, 0.15) is 0 Å². The molecule has 0 spiro atoms. The summed E-state index contributed by atoms with van der Waals surface area (Å²) < 4.78 is 31.6. The summed E-state index contributed by atoms with van der Waals surface area (Å²) in [4.78, 5) is 9.51. The van der Waals surface area contributed by atoms with E-state index in [0.717, 1.165) is 0 Å². The van der Waals surface area contributed by atoms with Crippen LogP contribution in [0.1, 0.15) is 1.43 Å². The zero-order valence-electron chi connectivity index (χ0n) is 6.76. The van der Waals surface area contributed by atoms with Crippen LogP contribution in [0.3, 0.4) is 0 Å². The van der Waals surface area contributed by atoms with Crippen molar-refractivity contribution in [1.82, 2.24) is 0 Å². The standard InChI is InChI=1S/C2H5NOS.Na.H2O4S.H/c3-2(4)1-5;;1-5(2,3)4;/h5H,1H2,(H2,3,4);;(H2,1,2,3,4);/q;+1;;-1. The summed E-state index contributed by atoms with van der Waals surface area (Å²) >= 11 is 3.54. The van der Waals surface area contributed by atoms with Gasteiger partial charge in [0.25, 0.3) is 0 Å². The number of primary amides is 1. The van der Waals surface area contributed by atoms with Crippen molar-refractivity contribution in [2.24, 2.45) is 5.73 Å². The number of carbonyl (C=O) groups excluding carboxylic acids is 1. The summed E-state index contributed by atoms with van der Waals surface area (Å²) in [5, 5.41) is 0. The maximum Gasteiger partial charge on any atom is 1.00 e. The molecule has 64 valence electrons. The van der Waals surface area contributed by atoms with E-state index < -0.39 is 10.4 Å². The number of carbonyl (C=O) groups is 1. The third kappa shape index (κ3) is 112. The summed E-state index contributed by atoms with van der Waals surface area (Å²) in [5.41, 5.74) is 4.58. The van der Waals surface area contributed by atoms with E-state index in [1.807, 2.05) is 0 Å². The molecule has 0 saturated carbocycles. The number of nitrogens with two attached hydrogens (primary N) is 1. The Hall–Kier alpha value is 0.690. The number of amides is 1. The van der Waals surface area contributed by atoms with Gasteiger partial charge in [-0.15, -0.1) is 0 Å². The van der Waals surface area contributed by atoms with Crippen molar-refractivity contribution in [3.8, 4) is 0 Å². The zero-order chi connectivity index (χ0) is 8.78. The Bertz CT molecular complexity index is 186. The molecule has 0 aliphatic carbocycles. The Morgan fingerprint density at radius 1 is 1.55 bits per heavy atom. The number of hydrogen-bond acceptors (Lipinski definition) is 4.